The number of nitrogens with one attached hydrogen (secondary N) is 1. The Labute approximate surface area is 144 Å². The molecule has 0 saturated heterocycles. The molecule has 0 aliphatic rings. The number of nitrogens with zero attached hydrogens (tertiary/aromatic N) is 1. The van der Waals surface area contributed by atoms with E-state index in [-0.39, 0.29) is 18.1 Å². The smallest absolute Gasteiger partial charge is 0.355 e. The van der Waals surface area contributed by atoms with Crippen LogP contribution in [0.4, 0.5) is 0 Å². The fourth-order valence-corrected chi connectivity index (χ4v) is 2.71. The molecule has 2 N–H and O–H groups in total. The van der Waals surface area contributed by atoms with Gasteiger partial charge in [0.15, 0.2) is 11.8 Å². The van der Waals surface area contributed by atoms with Crippen molar-refractivity contribution in [3.05, 3.63) is 45.9 Å². The van der Waals surface area contributed by atoms with E-state index in [9.17, 15) is 9.59 Å². The Morgan fingerprint density at radius 3 is 2.71 bits per heavy atom. The van der Waals surface area contributed by atoms with E-state index in [1.807, 2.05) is 24.3 Å². The summed E-state index contributed by atoms with van der Waals surface area (Å²) in [4.78, 5) is 26.8. The molecule has 1 aromatic heterocycles. The van der Waals surface area contributed by atoms with E-state index in [4.69, 9.17) is 9.84 Å². The first kappa shape index (κ1) is 17.9. The summed E-state index contributed by atoms with van der Waals surface area (Å²) in [5.41, 5.74) is 1.13. The molecule has 0 aliphatic heterocycles. The molecular formula is C17H20N2O4S. The number of thiazole rings is 1. The van der Waals surface area contributed by atoms with Crippen LogP contribution >= 0.6 is 11.3 Å². The highest BCUT2D eigenvalue weighted by molar-refractivity contribution is 7.09. The van der Waals surface area contributed by atoms with E-state index in [2.05, 4.69) is 24.1 Å². The monoisotopic (exact) mass is 348 g/mol. The second-order valence-electron chi connectivity index (χ2n) is 5.64. The van der Waals surface area contributed by atoms with Gasteiger partial charge in [-0.2, -0.15) is 0 Å². The third-order valence-electron chi connectivity index (χ3n) is 3.39. The van der Waals surface area contributed by atoms with Crippen LogP contribution in [0.2, 0.25) is 0 Å². The minimum Gasteiger partial charge on any atom is -0.481 e. The van der Waals surface area contributed by atoms with E-state index >= 15 is 0 Å². The van der Waals surface area contributed by atoms with E-state index in [1.165, 1.54) is 16.7 Å². The molecule has 6 nitrogen and oxygen atoms in total. The standard InChI is InChI=1S/C17H20N2O4S/c1-10(2)12-5-4-6-13(7-12)23-11(3)16(20)18-8-15-19-14(9-24-15)17(21)22/h4-7,9-11H,8H2,1-3H3,(H,18,20)(H,21,22). The van der Waals surface area contributed by atoms with Gasteiger partial charge in [0, 0.05) is 5.38 Å². The number of rotatable bonds is 7. The lowest BCUT2D eigenvalue weighted by molar-refractivity contribution is -0.127. The number of aromatic carboxylic acids is 1. The highest BCUT2D eigenvalue weighted by Crippen LogP contribution is 2.21. The van der Waals surface area contributed by atoms with Gasteiger partial charge in [-0.3, -0.25) is 4.79 Å². The summed E-state index contributed by atoms with van der Waals surface area (Å²) in [6, 6.07) is 7.66. The predicted molar refractivity (Wildman–Crippen MR) is 91.5 cm³/mol. The van der Waals surface area contributed by atoms with Gasteiger partial charge in [0.2, 0.25) is 0 Å². The topological polar surface area (TPSA) is 88.5 Å². The highest BCUT2D eigenvalue weighted by Gasteiger charge is 2.16. The number of hydrogen-bond acceptors (Lipinski definition) is 5. The van der Waals surface area contributed by atoms with Crippen LogP contribution < -0.4 is 10.1 Å². The van der Waals surface area contributed by atoms with E-state index in [0.717, 1.165) is 5.56 Å². The number of carboxylic acid groups (broad SMARTS) is 1. The third kappa shape index (κ3) is 4.79. The van der Waals surface area contributed by atoms with Crippen molar-refractivity contribution in [2.24, 2.45) is 0 Å². The fraction of sp³-hybridized carbons (Fsp3) is 0.353. The first-order valence-electron chi connectivity index (χ1n) is 7.59. The van der Waals surface area contributed by atoms with Gasteiger partial charge in [-0.25, -0.2) is 9.78 Å². The van der Waals surface area contributed by atoms with Gasteiger partial charge in [-0.15, -0.1) is 11.3 Å². The quantitative estimate of drug-likeness (QED) is 0.803. The van der Waals surface area contributed by atoms with Crippen LogP contribution in [0, 0.1) is 0 Å². The van der Waals surface area contributed by atoms with Gasteiger partial charge in [0.25, 0.3) is 5.91 Å². The Kier molecular flexibility index (Phi) is 5.92. The minimum atomic E-state index is -1.08. The Morgan fingerprint density at radius 2 is 2.08 bits per heavy atom. The number of carboxylic acids is 1. The molecule has 0 spiro atoms. The van der Waals surface area contributed by atoms with Crippen LogP contribution in [0.15, 0.2) is 29.6 Å². The average molecular weight is 348 g/mol. The molecule has 0 radical (unpaired) electrons. The molecule has 0 saturated carbocycles. The van der Waals surface area contributed by atoms with E-state index < -0.39 is 12.1 Å². The van der Waals surface area contributed by atoms with Crippen LogP contribution in [-0.4, -0.2) is 28.1 Å². The third-order valence-corrected chi connectivity index (χ3v) is 4.24. The zero-order valence-corrected chi connectivity index (χ0v) is 14.6. The zero-order chi connectivity index (χ0) is 17.7. The van der Waals surface area contributed by atoms with Crippen molar-refractivity contribution < 1.29 is 19.4 Å². The van der Waals surface area contributed by atoms with Crippen molar-refractivity contribution in [2.75, 3.05) is 0 Å². The molecule has 1 heterocycles. The number of aromatic nitrogens is 1. The van der Waals surface area contributed by atoms with Crippen molar-refractivity contribution in [3.63, 3.8) is 0 Å². The predicted octanol–water partition coefficient (Wildman–Crippen LogP) is 3.05. The average Bonchev–Trinajstić information content (AvgIpc) is 3.02. The van der Waals surface area contributed by atoms with Gasteiger partial charge in [0.1, 0.15) is 10.8 Å². The maximum absolute atomic E-state index is 12.1. The molecule has 1 aromatic carbocycles. The summed E-state index contributed by atoms with van der Waals surface area (Å²) in [5.74, 6) is -0.333. The summed E-state index contributed by atoms with van der Waals surface area (Å²) in [5, 5.41) is 13.5. The molecule has 0 aliphatic carbocycles. The fourth-order valence-electron chi connectivity index (χ4n) is 2.00. The van der Waals surface area contributed by atoms with Gasteiger partial charge in [-0.05, 0) is 30.5 Å². The first-order valence-corrected chi connectivity index (χ1v) is 8.46. The molecular weight excluding hydrogens is 328 g/mol. The Bertz CT molecular complexity index is 727. The van der Waals surface area contributed by atoms with Crippen molar-refractivity contribution in [1.82, 2.24) is 10.3 Å². The largest absolute Gasteiger partial charge is 0.481 e. The minimum absolute atomic E-state index is 0.0148. The molecule has 24 heavy (non-hydrogen) atoms. The van der Waals surface area contributed by atoms with Crippen LogP contribution in [0.25, 0.3) is 0 Å². The van der Waals surface area contributed by atoms with Gasteiger partial charge in [0.05, 0.1) is 6.54 Å². The molecule has 0 bridgehead atoms. The van der Waals surface area contributed by atoms with Gasteiger partial charge >= 0.3 is 5.97 Å². The number of ether oxygens (including phenoxy) is 1. The molecule has 7 heteroatoms. The van der Waals surface area contributed by atoms with Crippen LogP contribution in [-0.2, 0) is 11.3 Å². The number of carbonyl (C=O) groups excluding carboxylic acids is 1. The number of amides is 1. The summed E-state index contributed by atoms with van der Waals surface area (Å²) >= 11 is 1.19. The Morgan fingerprint density at radius 1 is 1.33 bits per heavy atom. The lowest BCUT2D eigenvalue weighted by Gasteiger charge is -2.15. The second-order valence-corrected chi connectivity index (χ2v) is 6.58. The number of carbonyl (C=O) groups is 2. The normalized spacial score (nSPS) is 12.0. The molecule has 1 unspecified atom stereocenters. The van der Waals surface area contributed by atoms with E-state index in [0.29, 0.717) is 16.7 Å². The summed E-state index contributed by atoms with van der Waals surface area (Å²) in [6.45, 7) is 6.03. The zero-order valence-electron chi connectivity index (χ0n) is 13.8. The molecule has 2 rings (SSSR count). The van der Waals surface area contributed by atoms with Gasteiger partial charge < -0.3 is 15.2 Å². The van der Waals surface area contributed by atoms with Gasteiger partial charge in [-0.1, -0.05) is 26.0 Å². The molecule has 128 valence electrons. The van der Waals surface area contributed by atoms with Crippen molar-refractivity contribution >= 4 is 23.2 Å². The second kappa shape index (κ2) is 7.92. The van der Waals surface area contributed by atoms with Crippen LogP contribution in [0.5, 0.6) is 5.75 Å². The molecule has 2 aromatic rings. The maximum Gasteiger partial charge on any atom is 0.355 e. The first-order chi connectivity index (χ1) is 11.4. The van der Waals surface area contributed by atoms with E-state index in [1.54, 1.807) is 6.92 Å². The maximum atomic E-state index is 12.1. The molecule has 1 atom stereocenters. The lowest BCUT2D eigenvalue weighted by Crippen LogP contribution is -2.35. The summed E-state index contributed by atoms with van der Waals surface area (Å²) in [7, 11) is 0. The Balaban J connectivity index is 1.89. The van der Waals surface area contributed by atoms with Crippen LogP contribution in [0.3, 0.4) is 0 Å². The van der Waals surface area contributed by atoms with Crippen molar-refractivity contribution in [3.8, 4) is 5.75 Å². The molecule has 1 amide bonds. The SMILES string of the molecule is CC(Oc1cccc(C(C)C)c1)C(=O)NCc1nc(C(=O)O)cs1. The lowest BCUT2D eigenvalue weighted by atomic mass is 10.0. The van der Waals surface area contributed by atoms with Crippen LogP contribution in [0.1, 0.15) is 47.7 Å². The van der Waals surface area contributed by atoms with Crippen molar-refractivity contribution in [2.45, 2.75) is 39.3 Å². The summed E-state index contributed by atoms with van der Waals surface area (Å²) in [6.07, 6.45) is -0.661. The number of benzene rings is 1. The summed E-state index contributed by atoms with van der Waals surface area (Å²) < 4.78 is 5.68. The molecule has 0 fully saturated rings. The number of hydrogen-bond donors (Lipinski definition) is 2. The highest BCUT2D eigenvalue weighted by atomic mass is 32.1. The Hall–Kier alpha value is -2.41. The van der Waals surface area contributed by atoms with Crippen molar-refractivity contribution in [1.29, 1.82) is 0 Å².